The second kappa shape index (κ2) is 6.20. The van der Waals surface area contributed by atoms with Crippen LogP contribution in [0.4, 0.5) is 11.6 Å². The first-order valence-electron chi connectivity index (χ1n) is 8.13. The van der Waals surface area contributed by atoms with E-state index in [9.17, 15) is 0 Å². The predicted octanol–water partition coefficient (Wildman–Crippen LogP) is 3.90. The van der Waals surface area contributed by atoms with Crippen molar-refractivity contribution in [3.8, 4) is 0 Å². The molecule has 2 heterocycles. The van der Waals surface area contributed by atoms with Crippen LogP contribution in [-0.2, 0) is 0 Å². The summed E-state index contributed by atoms with van der Waals surface area (Å²) >= 11 is 0. The van der Waals surface area contributed by atoms with Crippen molar-refractivity contribution in [2.24, 2.45) is 11.3 Å². The Hall–Kier alpha value is -1.32. The molecule has 0 radical (unpaired) electrons. The molecule has 1 fully saturated rings. The van der Waals surface area contributed by atoms with Gasteiger partial charge in [-0.05, 0) is 24.2 Å². The first kappa shape index (κ1) is 16.1. The van der Waals surface area contributed by atoms with E-state index in [1.807, 2.05) is 7.05 Å². The summed E-state index contributed by atoms with van der Waals surface area (Å²) in [6.07, 6.45) is 2.50. The first-order chi connectivity index (χ1) is 9.81. The van der Waals surface area contributed by atoms with Crippen molar-refractivity contribution in [2.45, 2.75) is 53.4 Å². The standard InChI is InChI=1S/C17H30N4/c1-12(2)16-19-14(18-6)11-15(20-16)21-9-7-13(8-10-21)17(3,4)5/h11-13H,7-10H2,1-6H3,(H,18,19,20). The molecule has 0 unspecified atom stereocenters. The van der Waals surface area contributed by atoms with Gasteiger partial charge in [0.25, 0.3) is 0 Å². The molecule has 0 amide bonds. The van der Waals surface area contributed by atoms with Crippen molar-refractivity contribution >= 4 is 11.6 Å². The predicted molar refractivity (Wildman–Crippen MR) is 90.1 cm³/mol. The average Bonchev–Trinajstić information content (AvgIpc) is 2.46. The zero-order valence-corrected chi connectivity index (χ0v) is 14.4. The number of hydrogen-bond acceptors (Lipinski definition) is 4. The summed E-state index contributed by atoms with van der Waals surface area (Å²) in [5, 5.41) is 3.16. The molecular weight excluding hydrogens is 260 g/mol. The van der Waals surface area contributed by atoms with Crippen molar-refractivity contribution in [3.63, 3.8) is 0 Å². The van der Waals surface area contributed by atoms with Crippen molar-refractivity contribution in [2.75, 3.05) is 30.4 Å². The summed E-state index contributed by atoms with van der Waals surface area (Å²) in [4.78, 5) is 11.7. The van der Waals surface area contributed by atoms with Gasteiger partial charge in [-0.15, -0.1) is 0 Å². The fourth-order valence-electron chi connectivity index (χ4n) is 2.98. The molecule has 0 bridgehead atoms. The summed E-state index contributed by atoms with van der Waals surface area (Å²) in [5.74, 6) is 4.08. The minimum Gasteiger partial charge on any atom is -0.373 e. The molecule has 4 heteroatoms. The van der Waals surface area contributed by atoms with Crippen LogP contribution < -0.4 is 10.2 Å². The van der Waals surface area contributed by atoms with Gasteiger partial charge in [0.1, 0.15) is 17.5 Å². The highest BCUT2D eigenvalue weighted by Gasteiger charge is 2.29. The Morgan fingerprint density at radius 3 is 2.29 bits per heavy atom. The monoisotopic (exact) mass is 290 g/mol. The molecule has 1 aliphatic heterocycles. The van der Waals surface area contributed by atoms with Crippen molar-refractivity contribution < 1.29 is 0 Å². The largest absolute Gasteiger partial charge is 0.373 e. The van der Waals surface area contributed by atoms with Crippen LogP contribution in [0.25, 0.3) is 0 Å². The second-order valence-electron chi connectivity index (χ2n) is 7.50. The van der Waals surface area contributed by atoms with Crippen molar-refractivity contribution in [1.82, 2.24) is 9.97 Å². The van der Waals surface area contributed by atoms with Gasteiger partial charge in [-0.3, -0.25) is 0 Å². The lowest BCUT2D eigenvalue weighted by molar-refractivity contribution is 0.198. The van der Waals surface area contributed by atoms with E-state index in [4.69, 9.17) is 4.98 Å². The van der Waals surface area contributed by atoms with Crippen LogP contribution in [0.15, 0.2) is 6.07 Å². The normalized spacial score (nSPS) is 17.4. The van der Waals surface area contributed by atoms with E-state index < -0.39 is 0 Å². The van der Waals surface area contributed by atoms with E-state index in [0.717, 1.165) is 36.5 Å². The summed E-state index contributed by atoms with van der Waals surface area (Å²) in [6.45, 7) is 13.5. The van der Waals surface area contributed by atoms with Gasteiger partial charge in [-0.25, -0.2) is 9.97 Å². The third-order valence-electron chi connectivity index (χ3n) is 4.55. The summed E-state index contributed by atoms with van der Waals surface area (Å²) in [5.41, 5.74) is 0.414. The molecule has 0 aliphatic carbocycles. The molecule has 0 spiro atoms. The number of rotatable bonds is 3. The average molecular weight is 290 g/mol. The second-order valence-corrected chi connectivity index (χ2v) is 7.50. The van der Waals surface area contributed by atoms with E-state index in [0.29, 0.717) is 11.3 Å². The quantitative estimate of drug-likeness (QED) is 0.916. The number of nitrogens with zero attached hydrogens (tertiary/aromatic N) is 3. The van der Waals surface area contributed by atoms with Gasteiger partial charge in [0.2, 0.25) is 0 Å². The summed E-state index contributed by atoms with van der Waals surface area (Å²) in [6, 6.07) is 2.07. The van der Waals surface area contributed by atoms with Crippen molar-refractivity contribution in [1.29, 1.82) is 0 Å². The van der Waals surface area contributed by atoms with Gasteiger partial charge >= 0.3 is 0 Å². The van der Waals surface area contributed by atoms with E-state index in [-0.39, 0.29) is 0 Å². The molecule has 2 rings (SSSR count). The minimum atomic E-state index is 0.351. The first-order valence-corrected chi connectivity index (χ1v) is 8.13. The molecule has 1 aromatic rings. The lowest BCUT2D eigenvalue weighted by atomic mass is 9.75. The zero-order chi connectivity index (χ0) is 15.6. The maximum Gasteiger partial charge on any atom is 0.135 e. The SMILES string of the molecule is CNc1cc(N2CCC(C(C)(C)C)CC2)nc(C(C)C)n1. The molecular formula is C17H30N4. The Balaban J connectivity index is 2.14. The Bertz CT molecular complexity index is 468. The highest BCUT2D eigenvalue weighted by Crippen LogP contribution is 2.35. The highest BCUT2D eigenvalue weighted by atomic mass is 15.2. The number of nitrogens with one attached hydrogen (secondary N) is 1. The fourth-order valence-corrected chi connectivity index (χ4v) is 2.98. The van der Waals surface area contributed by atoms with Crippen LogP contribution in [0.2, 0.25) is 0 Å². The third kappa shape index (κ3) is 3.86. The zero-order valence-electron chi connectivity index (χ0n) is 14.4. The number of aromatic nitrogens is 2. The maximum atomic E-state index is 4.77. The molecule has 1 N–H and O–H groups in total. The Morgan fingerprint density at radius 2 is 1.81 bits per heavy atom. The smallest absolute Gasteiger partial charge is 0.135 e. The molecule has 1 aliphatic rings. The topological polar surface area (TPSA) is 41.0 Å². The van der Waals surface area contributed by atoms with E-state index in [2.05, 4.69) is 55.9 Å². The van der Waals surface area contributed by atoms with Crippen molar-refractivity contribution in [3.05, 3.63) is 11.9 Å². The van der Waals surface area contributed by atoms with Gasteiger partial charge < -0.3 is 10.2 Å². The Labute approximate surface area is 129 Å². The van der Waals surface area contributed by atoms with Gasteiger partial charge in [0.05, 0.1) is 0 Å². The lowest BCUT2D eigenvalue weighted by Crippen LogP contribution is -2.38. The van der Waals surface area contributed by atoms with Gasteiger partial charge in [0, 0.05) is 32.1 Å². The van der Waals surface area contributed by atoms with Crippen LogP contribution in [0, 0.1) is 11.3 Å². The number of anilines is 2. The molecule has 0 aromatic carbocycles. The van der Waals surface area contributed by atoms with Crippen LogP contribution in [0.1, 0.15) is 59.2 Å². The summed E-state index contributed by atoms with van der Waals surface area (Å²) < 4.78 is 0. The minimum absolute atomic E-state index is 0.351. The summed E-state index contributed by atoms with van der Waals surface area (Å²) in [7, 11) is 1.92. The van der Waals surface area contributed by atoms with E-state index >= 15 is 0 Å². The molecule has 0 saturated carbocycles. The maximum absolute atomic E-state index is 4.77. The number of piperidine rings is 1. The van der Waals surface area contributed by atoms with Gasteiger partial charge in [-0.1, -0.05) is 34.6 Å². The highest BCUT2D eigenvalue weighted by molar-refractivity contribution is 5.49. The molecule has 1 aromatic heterocycles. The van der Waals surface area contributed by atoms with Crippen LogP contribution in [0.3, 0.4) is 0 Å². The third-order valence-corrected chi connectivity index (χ3v) is 4.55. The lowest BCUT2D eigenvalue weighted by Gasteiger charge is -2.39. The van der Waals surface area contributed by atoms with Crippen LogP contribution in [0.5, 0.6) is 0 Å². The molecule has 21 heavy (non-hydrogen) atoms. The van der Waals surface area contributed by atoms with Crippen LogP contribution >= 0.6 is 0 Å². The van der Waals surface area contributed by atoms with Gasteiger partial charge in [-0.2, -0.15) is 0 Å². The molecule has 0 atom stereocenters. The molecule has 1 saturated heterocycles. The Kier molecular flexibility index (Phi) is 4.74. The molecule has 4 nitrogen and oxygen atoms in total. The van der Waals surface area contributed by atoms with Gasteiger partial charge in [0.15, 0.2) is 0 Å². The Morgan fingerprint density at radius 1 is 1.19 bits per heavy atom. The molecule has 118 valence electrons. The fraction of sp³-hybridized carbons (Fsp3) is 0.765. The van der Waals surface area contributed by atoms with Crippen LogP contribution in [-0.4, -0.2) is 30.1 Å². The number of hydrogen-bond donors (Lipinski definition) is 1. The van der Waals surface area contributed by atoms with E-state index in [1.165, 1.54) is 12.8 Å². The van der Waals surface area contributed by atoms with E-state index in [1.54, 1.807) is 0 Å².